The van der Waals surface area contributed by atoms with E-state index in [-0.39, 0.29) is 12.5 Å². The number of methoxy groups -OCH3 is 1. The largest absolute Gasteiger partial charge is 0.495 e. The number of hydrogen-bond acceptors (Lipinski definition) is 4. The van der Waals surface area contributed by atoms with Crippen molar-refractivity contribution in [3.63, 3.8) is 0 Å². The molecule has 0 saturated heterocycles. The van der Waals surface area contributed by atoms with Crippen LogP contribution in [0.25, 0.3) is 0 Å². The van der Waals surface area contributed by atoms with Gasteiger partial charge in [-0.15, -0.1) is 0 Å². The Labute approximate surface area is 175 Å². The van der Waals surface area contributed by atoms with E-state index in [2.05, 4.69) is 5.32 Å². The second-order valence-electron chi connectivity index (χ2n) is 6.15. The van der Waals surface area contributed by atoms with Crippen molar-refractivity contribution in [2.75, 3.05) is 19.0 Å². The molecule has 6 heteroatoms. The van der Waals surface area contributed by atoms with Crippen LogP contribution in [0, 0.1) is 0 Å². The molecule has 1 N–H and O–H groups in total. The number of rotatable bonds is 8. The summed E-state index contributed by atoms with van der Waals surface area (Å²) < 4.78 is 16.8. The summed E-state index contributed by atoms with van der Waals surface area (Å²) in [7, 11) is 1.56. The Morgan fingerprint density at radius 3 is 2.45 bits per heavy atom. The van der Waals surface area contributed by atoms with E-state index in [1.54, 1.807) is 61.7 Å². The molecule has 1 amide bonds. The lowest BCUT2D eigenvalue weighted by Gasteiger charge is -2.14. The second-order valence-corrected chi connectivity index (χ2v) is 6.59. The molecule has 150 valence electrons. The van der Waals surface area contributed by atoms with Gasteiger partial charge in [-0.3, -0.25) is 4.79 Å². The number of ether oxygens (including phenoxy) is 3. The summed E-state index contributed by atoms with van der Waals surface area (Å²) in [6.07, 6.45) is 0. The van der Waals surface area contributed by atoms with Crippen molar-refractivity contribution >= 4 is 23.2 Å². The van der Waals surface area contributed by atoms with E-state index in [0.717, 1.165) is 5.56 Å². The van der Waals surface area contributed by atoms with Crippen molar-refractivity contribution < 1.29 is 19.0 Å². The number of amides is 1. The van der Waals surface area contributed by atoms with Gasteiger partial charge in [0.2, 0.25) is 0 Å². The van der Waals surface area contributed by atoms with Crippen molar-refractivity contribution in [3.05, 3.63) is 82.9 Å². The van der Waals surface area contributed by atoms with Gasteiger partial charge >= 0.3 is 0 Å². The molecule has 0 bridgehead atoms. The fraction of sp³-hybridized carbons (Fsp3) is 0.174. The normalized spacial score (nSPS) is 10.3. The minimum Gasteiger partial charge on any atom is -0.495 e. The van der Waals surface area contributed by atoms with Crippen LogP contribution in [-0.2, 0) is 6.61 Å². The van der Waals surface area contributed by atoms with Crippen LogP contribution in [0.2, 0.25) is 5.02 Å². The molecule has 0 saturated carbocycles. The summed E-state index contributed by atoms with van der Waals surface area (Å²) in [5.41, 5.74) is 1.87. The first kappa shape index (κ1) is 20.6. The van der Waals surface area contributed by atoms with Gasteiger partial charge in [0, 0.05) is 16.1 Å². The highest BCUT2D eigenvalue weighted by Gasteiger charge is 2.13. The Hall–Kier alpha value is -3.18. The quantitative estimate of drug-likeness (QED) is 0.525. The number of nitrogens with one attached hydrogen (secondary N) is 1. The Bertz CT molecular complexity index is 973. The monoisotopic (exact) mass is 411 g/mol. The first-order valence-corrected chi connectivity index (χ1v) is 9.57. The Morgan fingerprint density at radius 2 is 1.72 bits per heavy atom. The van der Waals surface area contributed by atoms with E-state index in [1.807, 2.05) is 19.1 Å². The lowest BCUT2D eigenvalue weighted by molar-refractivity contribution is 0.102. The number of anilines is 1. The van der Waals surface area contributed by atoms with Crippen LogP contribution in [0.5, 0.6) is 17.2 Å². The molecule has 0 atom stereocenters. The molecule has 3 aromatic rings. The van der Waals surface area contributed by atoms with Crippen LogP contribution in [-0.4, -0.2) is 19.6 Å². The highest BCUT2D eigenvalue weighted by atomic mass is 35.5. The van der Waals surface area contributed by atoms with Gasteiger partial charge < -0.3 is 19.5 Å². The summed E-state index contributed by atoms with van der Waals surface area (Å²) in [6, 6.07) is 19.6. The van der Waals surface area contributed by atoms with E-state index in [1.165, 1.54) is 0 Å². The molecular weight excluding hydrogens is 390 g/mol. The van der Waals surface area contributed by atoms with Crippen LogP contribution in [0.3, 0.4) is 0 Å². The number of carbonyl (C=O) groups is 1. The minimum atomic E-state index is -0.245. The van der Waals surface area contributed by atoms with Gasteiger partial charge in [0.25, 0.3) is 5.91 Å². The van der Waals surface area contributed by atoms with Gasteiger partial charge in [-0.05, 0) is 61.5 Å². The van der Waals surface area contributed by atoms with Gasteiger partial charge in [0.05, 0.1) is 19.4 Å². The minimum absolute atomic E-state index is 0.245. The molecule has 0 aliphatic heterocycles. The molecule has 0 spiro atoms. The lowest BCUT2D eigenvalue weighted by atomic mass is 10.1. The number of hydrogen-bond donors (Lipinski definition) is 1. The first-order valence-electron chi connectivity index (χ1n) is 9.19. The second kappa shape index (κ2) is 9.85. The molecular formula is C23H22ClNO4. The zero-order valence-corrected chi connectivity index (χ0v) is 17.0. The number of carbonyl (C=O) groups excluding carboxylic acids is 1. The molecule has 0 aliphatic rings. The molecule has 3 aromatic carbocycles. The van der Waals surface area contributed by atoms with Crippen molar-refractivity contribution in [2.24, 2.45) is 0 Å². The SMILES string of the molecule is CCOc1ccc(C(=O)Nc2ccccc2OC)cc1COc1ccc(Cl)cc1. The predicted molar refractivity (Wildman–Crippen MR) is 114 cm³/mol. The fourth-order valence-corrected chi connectivity index (χ4v) is 2.89. The average molecular weight is 412 g/mol. The van der Waals surface area contributed by atoms with E-state index < -0.39 is 0 Å². The zero-order chi connectivity index (χ0) is 20.6. The maximum absolute atomic E-state index is 12.8. The highest BCUT2D eigenvalue weighted by Crippen LogP contribution is 2.26. The summed E-state index contributed by atoms with van der Waals surface area (Å²) in [6.45, 7) is 2.68. The summed E-state index contributed by atoms with van der Waals surface area (Å²) in [5, 5.41) is 3.52. The molecule has 0 fully saturated rings. The molecule has 5 nitrogen and oxygen atoms in total. The van der Waals surface area contributed by atoms with E-state index in [0.29, 0.717) is 40.1 Å². The average Bonchev–Trinajstić information content (AvgIpc) is 2.74. The molecule has 3 rings (SSSR count). The molecule has 0 heterocycles. The Kier molecular flexibility index (Phi) is 6.98. The molecule has 0 aliphatic carbocycles. The summed E-state index contributed by atoms with van der Waals surface area (Å²) >= 11 is 5.91. The third kappa shape index (κ3) is 5.42. The van der Waals surface area contributed by atoms with E-state index in [9.17, 15) is 4.79 Å². The maximum atomic E-state index is 12.8. The van der Waals surface area contributed by atoms with Gasteiger partial charge in [0.15, 0.2) is 0 Å². The molecule has 0 radical (unpaired) electrons. The van der Waals surface area contributed by atoms with E-state index >= 15 is 0 Å². The van der Waals surface area contributed by atoms with Gasteiger partial charge in [-0.1, -0.05) is 23.7 Å². The Morgan fingerprint density at radius 1 is 0.966 bits per heavy atom. The number of para-hydroxylation sites is 2. The van der Waals surface area contributed by atoms with Crippen LogP contribution in [0.15, 0.2) is 66.7 Å². The lowest BCUT2D eigenvalue weighted by Crippen LogP contribution is -2.13. The first-order chi connectivity index (χ1) is 14.1. The maximum Gasteiger partial charge on any atom is 0.255 e. The summed E-state index contributed by atoms with van der Waals surface area (Å²) in [5.74, 6) is 1.71. The Balaban J connectivity index is 1.79. The number of benzene rings is 3. The zero-order valence-electron chi connectivity index (χ0n) is 16.3. The number of halogens is 1. The molecule has 0 aromatic heterocycles. The predicted octanol–water partition coefficient (Wildman–Crippen LogP) is 5.58. The van der Waals surface area contributed by atoms with Crippen molar-refractivity contribution in [2.45, 2.75) is 13.5 Å². The third-order valence-electron chi connectivity index (χ3n) is 4.19. The molecule has 0 unspecified atom stereocenters. The van der Waals surface area contributed by atoms with E-state index in [4.69, 9.17) is 25.8 Å². The third-order valence-corrected chi connectivity index (χ3v) is 4.44. The van der Waals surface area contributed by atoms with Gasteiger partial charge in [-0.2, -0.15) is 0 Å². The summed E-state index contributed by atoms with van der Waals surface area (Å²) in [4.78, 5) is 12.8. The van der Waals surface area contributed by atoms with Crippen LogP contribution < -0.4 is 19.5 Å². The highest BCUT2D eigenvalue weighted by molar-refractivity contribution is 6.30. The van der Waals surface area contributed by atoms with Crippen molar-refractivity contribution in [1.82, 2.24) is 0 Å². The van der Waals surface area contributed by atoms with Gasteiger partial charge in [0.1, 0.15) is 23.9 Å². The topological polar surface area (TPSA) is 56.8 Å². The smallest absolute Gasteiger partial charge is 0.255 e. The fourth-order valence-electron chi connectivity index (χ4n) is 2.76. The van der Waals surface area contributed by atoms with Crippen molar-refractivity contribution in [3.8, 4) is 17.2 Å². The van der Waals surface area contributed by atoms with Crippen LogP contribution in [0.1, 0.15) is 22.8 Å². The standard InChI is InChI=1S/C23H22ClNO4/c1-3-28-21-13-8-16(23(26)25-20-6-4-5-7-22(20)27-2)14-17(21)15-29-19-11-9-18(24)10-12-19/h4-14H,3,15H2,1-2H3,(H,25,26). The van der Waals surface area contributed by atoms with Crippen molar-refractivity contribution in [1.29, 1.82) is 0 Å². The van der Waals surface area contributed by atoms with Gasteiger partial charge in [-0.25, -0.2) is 0 Å². The van der Waals surface area contributed by atoms with Crippen LogP contribution in [0.4, 0.5) is 5.69 Å². The molecule has 29 heavy (non-hydrogen) atoms. The van der Waals surface area contributed by atoms with Crippen LogP contribution >= 0.6 is 11.6 Å².